The van der Waals surface area contributed by atoms with Gasteiger partial charge in [0, 0.05) is 6.07 Å². The van der Waals surface area contributed by atoms with E-state index in [0.29, 0.717) is 11.1 Å². The third-order valence-corrected chi connectivity index (χ3v) is 2.89. The Morgan fingerprint density at radius 3 is 2.77 bits per heavy atom. The van der Waals surface area contributed by atoms with Crippen LogP contribution < -0.4 is 15.1 Å². The van der Waals surface area contributed by atoms with Gasteiger partial charge >= 0.3 is 5.63 Å². The van der Waals surface area contributed by atoms with Crippen LogP contribution in [0, 0.1) is 0 Å². The van der Waals surface area contributed by atoms with Crippen molar-refractivity contribution in [3.63, 3.8) is 0 Å². The molecule has 0 bridgehead atoms. The quantitative estimate of drug-likeness (QED) is 0.628. The molecule has 0 atom stereocenters. The summed E-state index contributed by atoms with van der Waals surface area (Å²) in [5.41, 5.74) is 0.467. The highest BCUT2D eigenvalue weighted by atomic mass is 16.5. The van der Waals surface area contributed by atoms with Crippen LogP contribution in [-0.2, 0) is 0 Å². The lowest BCUT2D eigenvalue weighted by Crippen LogP contribution is -2.08. The van der Waals surface area contributed by atoms with Gasteiger partial charge in [-0.05, 0) is 32.1 Å². The molecule has 0 radical (unpaired) electrons. The van der Waals surface area contributed by atoms with E-state index in [1.54, 1.807) is 18.2 Å². The lowest BCUT2D eigenvalue weighted by Gasteiger charge is -2.09. The van der Waals surface area contributed by atoms with Gasteiger partial charge in [-0.1, -0.05) is 5.57 Å². The van der Waals surface area contributed by atoms with Crippen LogP contribution in [0.1, 0.15) is 13.8 Å². The molecule has 1 heterocycles. The Hall–Kier alpha value is -2.47. The molecule has 1 aromatic carbocycles. The first-order valence-electron chi connectivity index (χ1n) is 6.82. The number of hydrogen-bond acceptors (Lipinski definition) is 6. The van der Waals surface area contributed by atoms with E-state index in [9.17, 15) is 9.90 Å². The summed E-state index contributed by atoms with van der Waals surface area (Å²) < 4.78 is 15.7. The van der Waals surface area contributed by atoms with E-state index >= 15 is 0 Å². The van der Waals surface area contributed by atoms with Gasteiger partial charge in [0.1, 0.15) is 24.5 Å². The van der Waals surface area contributed by atoms with Crippen molar-refractivity contribution < 1.29 is 24.1 Å². The third-order valence-electron chi connectivity index (χ3n) is 2.89. The fourth-order valence-electron chi connectivity index (χ4n) is 1.82. The van der Waals surface area contributed by atoms with Crippen molar-refractivity contribution in [2.24, 2.45) is 0 Å². The number of fused-ring (bicyclic) bond motifs is 1. The van der Waals surface area contributed by atoms with E-state index in [1.807, 2.05) is 13.8 Å². The standard InChI is InChI=1S/C16H18O6/c1-10(2)5-7-21-15-14(18)12-4-3-11(20-8-6-17)9-13(12)22-16(15)19/h3-5,9,17-18H,6-8H2,1-2H3. The molecule has 1 aromatic heterocycles. The topological polar surface area (TPSA) is 89.1 Å². The average molecular weight is 306 g/mol. The Morgan fingerprint density at radius 2 is 2.09 bits per heavy atom. The van der Waals surface area contributed by atoms with E-state index in [4.69, 9.17) is 19.0 Å². The summed E-state index contributed by atoms with van der Waals surface area (Å²) in [5, 5.41) is 19.3. The van der Waals surface area contributed by atoms with E-state index in [1.165, 1.54) is 6.07 Å². The SMILES string of the molecule is CC(C)=CCOc1c(O)c2ccc(OCCO)cc2oc1=O. The van der Waals surface area contributed by atoms with Crippen LogP contribution in [-0.4, -0.2) is 30.0 Å². The van der Waals surface area contributed by atoms with Gasteiger partial charge in [0.05, 0.1) is 12.0 Å². The summed E-state index contributed by atoms with van der Waals surface area (Å²) in [6.45, 7) is 3.99. The maximum Gasteiger partial charge on any atom is 0.383 e. The van der Waals surface area contributed by atoms with Crippen molar-refractivity contribution in [3.8, 4) is 17.2 Å². The van der Waals surface area contributed by atoms with E-state index in [2.05, 4.69) is 0 Å². The summed E-state index contributed by atoms with van der Waals surface area (Å²) in [6.07, 6.45) is 1.79. The molecular formula is C16H18O6. The van der Waals surface area contributed by atoms with Gasteiger partial charge in [-0.15, -0.1) is 0 Å². The lowest BCUT2D eigenvalue weighted by atomic mass is 10.2. The fraction of sp³-hybridized carbons (Fsp3) is 0.312. The molecule has 0 spiro atoms. The molecular weight excluding hydrogens is 288 g/mol. The molecule has 0 fully saturated rings. The minimum atomic E-state index is -0.758. The van der Waals surface area contributed by atoms with Gasteiger partial charge in [-0.3, -0.25) is 0 Å². The van der Waals surface area contributed by atoms with Crippen LogP contribution >= 0.6 is 0 Å². The second kappa shape index (κ2) is 7.00. The zero-order chi connectivity index (χ0) is 16.1. The monoisotopic (exact) mass is 306 g/mol. The number of aliphatic hydroxyl groups is 1. The zero-order valence-electron chi connectivity index (χ0n) is 12.5. The summed E-state index contributed by atoms with van der Waals surface area (Å²) >= 11 is 0. The Labute approximate surface area is 127 Å². The lowest BCUT2D eigenvalue weighted by molar-refractivity contribution is 0.201. The van der Waals surface area contributed by atoms with Crippen molar-refractivity contribution in [3.05, 3.63) is 40.3 Å². The molecule has 0 aliphatic heterocycles. The third kappa shape index (κ3) is 3.59. The molecule has 0 aliphatic rings. The van der Waals surface area contributed by atoms with Crippen LogP contribution in [0.15, 0.2) is 39.1 Å². The minimum absolute atomic E-state index is 0.121. The van der Waals surface area contributed by atoms with Gasteiger partial charge in [-0.25, -0.2) is 4.79 Å². The number of ether oxygens (including phenoxy) is 2. The van der Waals surface area contributed by atoms with Crippen molar-refractivity contribution in [2.45, 2.75) is 13.8 Å². The van der Waals surface area contributed by atoms with E-state index < -0.39 is 5.63 Å². The molecule has 0 unspecified atom stereocenters. The Balaban J connectivity index is 2.37. The first kappa shape index (κ1) is 15.9. The summed E-state index contributed by atoms with van der Waals surface area (Å²) in [4.78, 5) is 11.9. The molecule has 0 saturated carbocycles. The molecule has 2 rings (SSSR count). The fourth-order valence-corrected chi connectivity index (χ4v) is 1.82. The zero-order valence-corrected chi connectivity index (χ0v) is 12.5. The Morgan fingerprint density at radius 1 is 1.32 bits per heavy atom. The highest BCUT2D eigenvalue weighted by Crippen LogP contribution is 2.33. The first-order valence-corrected chi connectivity index (χ1v) is 6.82. The molecule has 6 heteroatoms. The van der Waals surface area contributed by atoms with E-state index in [0.717, 1.165) is 5.57 Å². The normalized spacial score (nSPS) is 10.5. The highest BCUT2D eigenvalue weighted by molar-refractivity contribution is 5.86. The second-order valence-electron chi connectivity index (χ2n) is 4.89. The second-order valence-corrected chi connectivity index (χ2v) is 4.89. The predicted molar refractivity (Wildman–Crippen MR) is 81.7 cm³/mol. The molecule has 0 amide bonds. The number of aromatic hydroxyl groups is 1. The van der Waals surface area contributed by atoms with Gasteiger partial charge in [0.2, 0.25) is 5.75 Å². The van der Waals surface area contributed by atoms with E-state index in [-0.39, 0.29) is 36.9 Å². The van der Waals surface area contributed by atoms with Crippen molar-refractivity contribution in [2.75, 3.05) is 19.8 Å². The molecule has 0 aliphatic carbocycles. The van der Waals surface area contributed by atoms with Gasteiger partial charge in [0.25, 0.3) is 0 Å². The molecule has 2 N–H and O–H groups in total. The Kier molecular flexibility index (Phi) is 5.06. The number of hydrogen-bond donors (Lipinski definition) is 2. The number of allylic oxidation sites excluding steroid dienone is 1. The van der Waals surface area contributed by atoms with Gasteiger partial charge in [0.15, 0.2) is 5.75 Å². The summed E-state index contributed by atoms with van der Waals surface area (Å²) in [6, 6.07) is 4.65. The predicted octanol–water partition coefficient (Wildman–Crippen LogP) is 2.21. The van der Waals surface area contributed by atoms with Crippen LogP contribution in [0.25, 0.3) is 11.0 Å². The first-order chi connectivity index (χ1) is 10.5. The number of benzene rings is 1. The highest BCUT2D eigenvalue weighted by Gasteiger charge is 2.15. The smallest absolute Gasteiger partial charge is 0.383 e. The van der Waals surface area contributed by atoms with Gasteiger partial charge in [-0.2, -0.15) is 0 Å². The maximum atomic E-state index is 11.9. The number of aliphatic hydroxyl groups excluding tert-OH is 1. The summed E-state index contributed by atoms with van der Waals surface area (Å²) in [7, 11) is 0. The van der Waals surface area contributed by atoms with Crippen LogP contribution in [0.2, 0.25) is 0 Å². The molecule has 0 saturated heterocycles. The number of rotatable bonds is 6. The maximum absolute atomic E-state index is 11.9. The minimum Gasteiger partial charge on any atom is -0.504 e. The van der Waals surface area contributed by atoms with Crippen molar-refractivity contribution >= 4 is 11.0 Å². The van der Waals surface area contributed by atoms with Crippen LogP contribution in [0.3, 0.4) is 0 Å². The van der Waals surface area contributed by atoms with Crippen LogP contribution in [0.4, 0.5) is 0 Å². The van der Waals surface area contributed by atoms with Crippen molar-refractivity contribution in [1.82, 2.24) is 0 Å². The van der Waals surface area contributed by atoms with Crippen molar-refractivity contribution in [1.29, 1.82) is 0 Å². The largest absolute Gasteiger partial charge is 0.504 e. The van der Waals surface area contributed by atoms with Gasteiger partial charge < -0.3 is 24.1 Å². The average Bonchev–Trinajstić information content (AvgIpc) is 2.47. The molecule has 6 nitrogen and oxygen atoms in total. The molecule has 22 heavy (non-hydrogen) atoms. The molecule has 118 valence electrons. The van der Waals surface area contributed by atoms with Crippen LogP contribution in [0.5, 0.6) is 17.2 Å². The Bertz CT molecular complexity index is 740. The molecule has 2 aromatic rings. The summed E-state index contributed by atoms with van der Waals surface area (Å²) in [5.74, 6) is -0.0431.